The molecule has 1 aromatic carbocycles. The first-order valence-corrected chi connectivity index (χ1v) is 9.28. The Morgan fingerprint density at radius 1 is 1.16 bits per heavy atom. The summed E-state index contributed by atoms with van der Waals surface area (Å²) in [5.74, 6) is 0.839. The smallest absolute Gasteiger partial charge is 0.219 e. The molecule has 0 radical (unpaired) electrons. The summed E-state index contributed by atoms with van der Waals surface area (Å²) in [6.07, 6.45) is 1.07. The Morgan fingerprint density at radius 2 is 1.92 bits per heavy atom. The van der Waals surface area contributed by atoms with Crippen LogP contribution in [0.5, 0.6) is 0 Å². The molecule has 0 bridgehead atoms. The van der Waals surface area contributed by atoms with Crippen molar-refractivity contribution in [2.24, 2.45) is 5.92 Å². The predicted molar refractivity (Wildman–Crippen MR) is 97.8 cm³/mol. The lowest BCUT2D eigenvalue weighted by Gasteiger charge is -2.30. The van der Waals surface area contributed by atoms with E-state index in [2.05, 4.69) is 34.9 Å². The van der Waals surface area contributed by atoms with Crippen LogP contribution in [-0.4, -0.2) is 65.9 Å². The molecule has 2 saturated heterocycles. The van der Waals surface area contributed by atoms with Gasteiger partial charge in [-0.15, -0.1) is 0 Å². The molecule has 25 heavy (non-hydrogen) atoms. The fourth-order valence-electron chi connectivity index (χ4n) is 4.18. The van der Waals surface area contributed by atoms with Crippen molar-refractivity contribution in [3.63, 3.8) is 0 Å². The topological polar surface area (TPSA) is 50.6 Å². The highest BCUT2D eigenvalue weighted by atomic mass is 16.2. The molecule has 3 rings (SSSR count). The minimum absolute atomic E-state index is 0.198. The molecule has 5 heteroatoms. The minimum atomic E-state index is 0.198. The number of nitriles is 1. The Bertz CT molecular complexity index is 636. The number of hydrogen-bond acceptors (Lipinski definition) is 4. The van der Waals surface area contributed by atoms with Crippen molar-refractivity contribution in [1.29, 1.82) is 5.26 Å². The molecule has 0 spiro atoms. The number of amides is 1. The van der Waals surface area contributed by atoms with E-state index in [-0.39, 0.29) is 5.91 Å². The van der Waals surface area contributed by atoms with Crippen LogP contribution >= 0.6 is 0 Å². The van der Waals surface area contributed by atoms with Crippen molar-refractivity contribution in [3.05, 3.63) is 35.4 Å². The van der Waals surface area contributed by atoms with Crippen molar-refractivity contribution < 1.29 is 4.79 Å². The minimum Gasteiger partial charge on any atom is -0.342 e. The number of hydrogen-bond donors (Lipinski definition) is 0. The lowest BCUT2D eigenvalue weighted by Crippen LogP contribution is -2.42. The van der Waals surface area contributed by atoms with Crippen LogP contribution in [0, 0.1) is 17.2 Å². The van der Waals surface area contributed by atoms with E-state index in [1.165, 1.54) is 5.56 Å². The molecule has 2 heterocycles. The monoisotopic (exact) mass is 340 g/mol. The van der Waals surface area contributed by atoms with Crippen LogP contribution in [0.4, 0.5) is 0 Å². The number of likely N-dealkylation sites (tertiary alicyclic amines) is 1. The highest BCUT2D eigenvalue weighted by Gasteiger charge is 2.34. The molecule has 2 fully saturated rings. The van der Waals surface area contributed by atoms with Crippen LogP contribution in [0.2, 0.25) is 0 Å². The lowest BCUT2D eigenvalue weighted by atomic mass is 10.0. The van der Waals surface area contributed by atoms with Crippen molar-refractivity contribution >= 4 is 5.91 Å². The molecule has 0 N–H and O–H groups in total. The van der Waals surface area contributed by atoms with Gasteiger partial charge in [-0.1, -0.05) is 19.1 Å². The van der Waals surface area contributed by atoms with Crippen molar-refractivity contribution in [3.8, 4) is 6.07 Å². The Labute approximate surface area is 150 Å². The predicted octanol–water partition coefficient (Wildman–Crippen LogP) is 1.93. The molecule has 1 amide bonds. The summed E-state index contributed by atoms with van der Waals surface area (Å²) in [6.45, 7) is 11.0. The van der Waals surface area contributed by atoms with Gasteiger partial charge in [-0.05, 0) is 30.0 Å². The number of rotatable bonds is 3. The third-order valence-corrected chi connectivity index (χ3v) is 5.58. The van der Waals surface area contributed by atoms with Crippen LogP contribution in [0.1, 0.15) is 31.4 Å². The van der Waals surface area contributed by atoms with Gasteiger partial charge in [0.05, 0.1) is 11.6 Å². The zero-order chi connectivity index (χ0) is 17.8. The first-order valence-electron chi connectivity index (χ1n) is 9.28. The van der Waals surface area contributed by atoms with Gasteiger partial charge >= 0.3 is 0 Å². The standard InChI is InChI=1S/C20H28N4O/c1-16-13-22(14-19-6-4-18(12-21)5-7-19)15-20(16)24-9-3-8-23(10-11-24)17(2)25/h4-7,16,20H,3,8-11,13-15H2,1-2H3/t16-,20+/m1/s1. The van der Waals surface area contributed by atoms with Gasteiger partial charge in [0.25, 0.3) is 0 Å². The summed E-state index contributed by atoms with van der Waals surface area (Å²) in [7, 11) is 0. The third-order valence-electron chi connectivity index (χ3n) is 5.58. The second-order valence-corrected chi connectivity index (χ2v) is 7.44. The molecule has 2 aliphatic rings. The summed E-state index contributed by atoms with van der Waals surface area (Å²) in [5.41, 5.74) is 1.99. The molecular weight excluding hydrogens is 312 g/mol. The van der Waals surface area contributed by atoms with Crippen LogP contribution in [-0.2, 0) is 11.3 Å². The Balaban J connectivity index is 1.57. The number of benzene rings is 1. The van der Waals surface area contributed by atoms with E-state index in [4.69, 9.17) is 5.26 Å². The van der Waals surface area contributed by atoms with Gasteiger partial charge in [-0.3, -0.25) is 14.6 Å². The number of carbonyl (C=O) groups is 1. The van der Waals surface area contributed by atoms with E-state index >= 15 is 0 Å². The third kappa shape index (κ3) is 4.39. The summed E-state index contributed by atoms with van der Waals surface area (Å²) < 4.78 is 0. The van der Waals surface area contributed by atoms with Crippen LogP contribution in [0.15, 0.2) is 24.3 Å². The Morgan fingerprint density at radius 3 is 2.60 bits per heavy atom. The maximum absolute atomic E-state index is 11.6. The second-order valence-electron chi connectivity index (χ2n) is 7.44. The summed E-state index contributed by atoms with van der Waals surface area (Å²) >= 11 is 0. The Hall–Kier alpha value is -1.90. The van der Waals surface area contributed by atoms with Gasteiger partial charge in [0.1, 0.15) is 0 Å². The average Bonchev–Trinajstić information content (AvgIpc) is 2.82. The second kappa shape index (κ2) is 7.99. The highest BCUT2D eigenvalue weighted by Crippen LogP contribution is 2.24. The molecule has 2 atom stereocenters. The van der Waals surface area contributed by atoms with E-state index in [9.17, 15) is 4.79 Å². The largest absolute Gasteiger partial charge is 0.342 e. The van der Waals surface area contributed by atoms with Crippen molar-refractivity contribution in [2.75, 3.05) is 39.3 Å². The summed E-state index contributed by atoms with van der Waals surface area (Å²) in [4.78, 5) is 18.7. The zero-order valence-corrected chi connectivity index (χ0v) is 15.3. The summed E-state index contributed by atoms with van der Waals surface area (Å²) in [6, 6.07) is 10.7. The summed E-state index contributed by atoms with van der Waals surface area (Å²) in [5, 5.41) is 8.91. The van der Waals surface area contributed by atoms with Crippen molar-refractivity contribution in [2.45, 2.75) is 32.9 Å². The SMILES string of the molecule is CC(=O)N1CCCN([C@H]2CN(Cc3ccc(C#N)cc3)C[C@H]2C)CC1. The van der Waals surface area contributed by atoms with E-state index < -0.39 is 0 Å². The highest BCUT2D eigenvalue weighted by molar-refractivity contribution is 5.73. The van der Waals surface area contributed by atoms with Gasteiger partial charge in [0.15, 0.2) is 0 Å². The normalized spacial score (nSPS) is 25.6. The van der Waals surface area contributed by atoms with E-state index in [1.54, 1.807) is 6.92 Å². The van der Waals surface area contributed by atoms with Gasteiger partial charge < -0.3 is 4.90 Å². The molecule has 134 valence electrons. The molecule has 0 unspecified atom stereocenters. The first kappa shape index (κ1) is 17.9. The van der Waals surface area contributed by atoms with Gasteiger partial charge in [0, 0.05) is 58.8 Å². The van der Waals surface area contributed by atoms with Crippen LogP contribution < -0.4 is 0 Å². The van der Waals surface area contributed by atoms with Crippen LogP contribution in [0.25, 0.3) is 0 Å². The van der Waals surface area contributed by atoms with Gasteiger partial charge in [0.2, 0.25) is 5.91 Å². The molecule has 0 saturated carbocycles. The fraction of sp³-hybridized carbons (Fsp3) is 0.600. The zero-order valence-electron chi connectivity index (χ0n) is 15.3. The Kier molecular flexibility index (Phi) is 5.72. The maximum Gasteiger partial charge on any atom is 0.219 e. The molecule has 0 aliphatic carbocycles. The maximum atomic E-state index is 11.6. The first-order chi connectivity index (χ1) is 12.1. The average molecular weight is 340 g/mol. The van der Waals surface area contributed by atoms with E-state index in [0.717, 1.165) is 57.8 Å². The molecule has 5 nitrogen and oxygen atoms in total. The quantitative estimate of drug-likeness (QED) is 0.844. The van der Waals surface area contributed by atoms with Crippen molar-refractivity contribution in [1.82, 2.24) is 14.7 Å². The molecule has 0 aromatic heterocycles. The fourth-order valence-corrected chi connectivity index (χ4v) is 4.18. The van der Waals surface area contributed by atoms with Gasteiger partial charge in [-0.25, -0.2) is 0 Å². The van der Waals surface area contributed by atoms with Crippen LogP contribution in [0.3, 0.4) is 0 Å². The number of carbonyl (C=O) groups excluding carboxylic acids is 1. The van der Waals surface area contributed by atoms with E-state index in [0.29, 0.717) is 12.0 Å². The molecule has 2 aliphatic heterocycles. The van der Waals surface area contributed by atoms with Gasteiger partial charge in [-0.2, -0.15) is 5.26 Å². The molecule has 1 aromatic rings. The number of nitrogens with zero attached hydrogens (tertiary/aromatic N) is 4. The lowest BCUT2D eigenvalue weighted by molar-refractivity contribution is -0.128. The van der Waals surface area contributed by atoms with E-state index in [1.807, 2.05) is 17.0 Å². The molecular formula is C20H28N4O.